The van der Waals surface area contributed by atoms with Gasteiger partial charge in [-0.15, -0.1) is 0 Å². The number of sulfonamides is 1. The molecular weight excluding hydrogens is 350 g/mol. The number of rotatable bonds is 7. The van der Waals surface area contributed by atoms with Gasteiger partial charge in [-0.2, -0.15) is 0 Å². The van der Waals surface area contributed by atoms with Crippen LogP contribution < -0.4 is 14.2 Å². The second-order valence-corrected chi connectivity index (χ2v) is 8.35. The highest BCUT2D eigenvalue weighted by atomic mass is 32.2. The van der Waals surface area contributed by atoms with Crippen molar-refractivity contribution in [3.63, 3.8) is 0 Å². The van der Waals surface area contributed by atoms with Gasteiger partial charge in [0.15, 0.2) is 0 Å². The third-order valence-electron chi connectivity index (χ3n) is 4.32. The lowest BCUT2D eigenvalue weighted by atomic mass is 10.1. The lowest BCUT2D eigenvalue weighted by Crippen LogP contribution is -2.37. The number of ether oxygens (including phenoxy) is 2. The highest BCUT2D eigenvalue weighted by Gasteiger charge is 2.21. The lowest BCUT2D eigenvalue weighted by Gasteiger charge is -2.18. The SMILES string of the molecule is COc1cc(C)c(S(=O)(=O)NC(C)COc2ccc(C)c(C)c2)cc1C. The van der Waals surface area contributed by atoms with E-state index in [1.54, 1.807) is 33.1 Å². The maximum Gasteiger partial charge on any atom is 0.241 e. The molecule has 0 saturated heterocycles. The fourth-order valence-corrected chi connectivity index (χ4v) is 4.20. The molecular formula is C20H27NO4S. The summed E-state index contributed by atoms with van der Waals surface area (Å²) in [6.07, 6.45) is 0. The predicted octanol–water partition coefficient (Wildman–Crippen LogP) is 3.67. The van der Waals surface area contributed by atoms with E-state index in [-0.39, 0.29) is 17.5 Å². The summed E-state index contributed by atoms with van der Waals surface area (Å²) in [6, 6.07) is 8.83. The Morgan fingerprint density at radius 1 is 0.962 bits per heavy atom. The topological polar surface area (TPSA) is 64.6 Å². The molecule has 0 heterocycles. The zero-order chi connectivity index (χ0) is 19.5. The summed E-state index contributed by atoms with van der Waals surface area (Å²) in [7, 11) is -2.07. The van der Waals surface area contributed by atoms with Gasteiger partial charge in [0.1, 0.15) is 18.1 Å². The van der Waals surface area contributed by atoms with E-state index in [1.165, 1.54) is 5.56 Å². The summed E-state index contributed by atoms with van der Waals surface area (Å²) in [5.74, 6) is 1.41. The number of hydrogen-bond donors (Lipinski definition) is 1. The molecule has 5 nitrogen and oxygen atoms in total. The van der Waals surface area contributed by atoms with Crippen LogP contribution >= 0.6 is 0 Å². The molecule has 0 aliphatic heterocycles. The Balaban J connectivity index is 2.08. The molecule has 0 radical (unpaired) electrons. The average molecular weight is 378 g/mol. The fourth-order valence-electron chi connectivity index (χ4n) is 2.66. The molecule has 0 saturated carbocycles. The molecule has 1 atom stereocenters. The molecule has 2 rings (SSSR count). The highest BCUT2D eigenvalue weighted by molar-refractivity contribution is 7.89. The first kappa shape index (κ1) is 20.3. The smallest absolute Gasteiger partial charge is 0.241 e. The monoisotopic (exact) mass is 377 g/mol. The van der Waals surface area contributed by atoms with Crippen LogP contribution in [0.2, 0.25) is 0 Å². The fraction of sp³-hybridized carbons (Fsp3) is 0.400. The summed E-state index contributed by atoms with van der Waals surface area (Å²) >= 11 is 0. The minimum Gasteiger partial charge on any atom is -0.496 e. The number of hydrogen-bond acceptors (Lipinski definition) is 4. The average Bonchev–Trinajstić information content (AvgIpc) is 2.57. The van der Waals surface area contributed by atoms with Crippen LogP contribution in [0, 0.1) is 27.7 Å². The summed E-state index contributed by atoms with van der Waals surface area (Å²) in [5.41, 5.74) is 3.75. The summed E-state index contributed by atoms with van der Waals surface area (Å²) in [6.45, 7) is 9.66. The third kappa shape index (κ3) is 4.77. The van der Waals surface area contributed by atoms with E-state index in [2.05, 4.69) is 4.72 Å². The Labute approximate surface area is 156 Å². The van der Waals surface area contributed by atoms with Crippen molar-refractivity contribution in [3.05, 3.63) is 52.6 Å². The van der Waals surface area contributed by atoms with Crippen molar-refractivity contribution in [3.8, 4) is 11.5 Å². The standard InChI is InChI=1S/C20H27NO4S/c1-13-7-8-18(9-14(13)2)25-12-17(5)21-26(22,23)20-11-15(3)19(24-6)10-16(20)4/h7-11,17,21H,12H2,1-6H3. The Bertz CT molecular complexity index is 891. The Morgan fingerprint density at radius 3 is 2.27 bits per heavy atom. The van der Waals surface area contributed by atoms with Gasteiger partial charge in [-0.1, -0.05) is 6.07 Å². The molecule has 1 N–H and O–H groups in total. The minimum atomic E-state index is -3.64. The van der Waals surface area contributed by atoms with Gasteiger partial charge in [0.2, 0.25) is 10.0 Å². The number of aryl methyl sites for hydroxylation is 4. The van der Waals surface area contributed by atoms with Crippen LogP contribution in [0.1, 0.15) is 29.2 Å². The van der Waals surface area contributed by atoms with Crippen molar-refractivity contribution in [2.24, 2.45) is 0 Å². The molecule has 2 aromatic carbocycles. The van der Waals surface area contributed by atoms with Crippen LogP contribution in [0.3, 0.4) is 0 Å². The molecule has 0 amide bonds. The molecule has 0 bridgehead atoms. The van der Waals surface area contributed by atoms with E-state index in [9.17, 15) is 8.42 Å². The highest BCUT2D eigenvalue weighted by Crippen LogP contribution is 2.25. The molecule has 0 spiro atoms. The van der Waals surface area contributed by atoms with Crippen molar-refractivity contribution in [2.45, 2.75) is 45.6 Å². The maximum atomic E-state index is 12.7. The quantitative estimate of drug-likeness (QED) is 0.799. The lowest BCUT2D eigenvalue weighted by molar-refractivity contribution is 0.287. The van der Waals surface area contributed by atoms with E-state index in [1.807, 2.05) is 39.0 Å². The molecule has 0 aliphatic rings. The number of nitrogens with one attached hydrogen (secondary N) is 1. The van der Waals surface area contributed by atoms with Crippen LogP contribution in [-0.4, -0.2) is 28.2 Å². The van der Waals surface area contributed by atoms with Gasteiger partial charge >= 0.3 is 0 Å². The van der Waals surface area contributed by atoms with E-state index >= 15 is 0 Å². The molecule has 0 aromatic heterocycles. The van der Waals surface area contributed by atoms with Crippen LogP contribution in [0.4, 0.5) is 0 Å². The Morgan fingerprint density at radius 2 is 1.65 bits per heavy atom. The van der Waals surface area contributed by atoms with Gasteiger partial charge in [0, 0.05) is 0 Å². The largest absolute Gasteiger partial charge is 0.496 e. The molecule has 6 heteroatoms. The van der Waals surface area contributed by atoms with Crippen LogP contribution in [0.25, 0.3) is 0 Å². The van der Waals surface area contributed by atoms with Crippen molar-refractivity contribution < 1.29 is 17.9 Å². The zero-order valence-corrected chi connectivity index (χ0v) is 17.0. The van der Waals surface area contributed by atoms with Crippen molar-refractivity contribution in [1.29, 1.82) is 0 Å². The summed E-state index contributed by atoms with van der Waals surface area (Å²) in [4.78, 5) is 0.258. The van der Waals surface area contributed by atoms with Gasteiger partial charge in [-0.05, 0) is 81.1 Å². The van der Waals surface area contributed by atoms with E-state index in [4.69, 9.17) is 9.47 Å². The van der Waals surface area contributed by atoms with E-state index in [0.29, 0.717) is 11.3 Å². The molecule has 142 valence electrons. The van der Waals surface area contributed by atoms with Crippen molar-refractivity contribution in [2.75, 3.05) is 13.7 Å². The second kappa shape index (κ2) is 8.10. The number of methoxy groups -OCH3 is 1. The molecule has 0 aliphatic carbocycles. The Hall–Kier alpha value is -2.05. The molecule has 2 aromatic rings. The molecule has 26 heavy (non-hydrogen) atoms. The normalized spacial score (nSPS) is 12.7. The molecule has 1 unspecified atom stereocenters. The summed E-state index contributed by atoms with van der Waals surface area (Å²) in [5, 5.41) is 0. The third-order valence-corrected chi connectivity index (χ3v) is 6.05. The minimum absolute atomic E-state index is 0.246. The first-order valence-electron chi connectivity index (χ1n) is 8.51. The van der Waals surface area contributed by atoms with Crippen LogP contribution in [-0.2, 0) is 10.0 Å². The van der Waals surface area contributed by atoms with Crippen molar-refractivity contribution in [1.82, 2.24) is 4.72 Å². The van der Waals surface area contributed by atoms with Gasteiger partial charge in [0.25, 0.3) is 0 Å². The van der Waals surface area contributed by atoms with E-state index < -0.39 is 10.0 Å². The second-order valence-electron chi connectivity index (χ2n) is 6.67. The van der Waals surface area contributed by atoms with Crippen LogP contribution in [0.5, 0.6) is 11.5 Å². The van der Waals surface area contributed by atoms with E-state index in [0.717, 1.165) is 16.9 Å². The van der Waals surface area contributed by atoms with Gasteiger partial charge in [-0.3, -0.25) is 0 Å². The first-order chi connectivity index (χ1) is 12.1. The van der Waals surface area contributed by atoms with Gasteiger partial charge in [-0.25, -0.2) is 13.1 Å². The van der Waals surface area contributed by atoms with Crippen molar-refractivity contribution >= 4 is 10.0 Å². The Kier molecular flexibility index (Phi) is 6.31. The van der Waals surface area contributed by atoms with Gasteiger partial charge in [0.05, 0.1) is 18.0 Å². The zero-order valence-electron chi connectivity index (χ0n) is 16.2. The summed E-state index contributed by atoms with van der Waals surface area (Å²) < 4.78 is 39.1. The van der Waals surface area contributed by atoms with Gasteiger partial charge < -0.3 is 9.47 Å². The van der Waals surface area contributed by atoms with Crippen LogP contribution in [0.15, 0.2) is 35.2 Å². The number of benzene rings is 2. The maximum absolute atomic E-state index is 12.7. The first-order valence-corrected chi connectivity index (χ1v) is 10.00. The predicted molar refractivity (Wildman–Crippen MR) is 104 cm³/mol. The molecule has 0 fully saturated rings.